The number of nitrogens with two attached hydrogens (primary N) is 1. The Kier molecular flexibility index (Phi) is 4.23. The van der Waals surface area contributed by atoms with Gasteiger partial charge in [-0.1, -0.05) is 0 Å². The Bertz CT molecular complexity index is 910. The number of benzene rings is 1. The second-order valence-electron chi connectivity index (χ2n) is 4.24. The minimum Gasteiger partial charge on any atom is -0.434 e. The molecule has 2 rings (SSSR count). The Labute approximate surface area is 127 Å². The number of nitrogen functional groups attached to an aromatic ring is 1. The molecule has 3 N–H and O–H groups in total. The van der Waals surface area contributed by atoms with Gasteiger partial charge in [-0.25, -0.2) is 4.39 Å². The molecule has 9 heteroatoms. The lowest BCUT2D eigenvalue weighted by atomic mass is 9.96. The summed E-state index contributed by atoms with van der Waals surface area (Å²) in [4.78, 5) is 13.9. The molecule has 23 heavy (non-hydrogen) atoms. The molecule has 0 saturated carbocycles. The van der Waals surface area contributed by atoms with E-state index in [9.17, 15) is 23.2 Å². The molecule has 0 aliphatic heterocycles. The zero-order valence-electron chi connectivity index (χ0n) is 11.2. The van der Waals surface area contributed by atoms with Gasteiger partial charge < -0.3 is 15.5 Å². The Morgan fingerprint density at radius 1 is 1.22 bits per heavy atom. The lowest BCUT2D eigenvalue weighted by molar-refractivity contribution is -0.0496. The zero-order valence-corrected chi connectivity index (χ0v) is 11.2. The summed E-state index contributed by atoms with van der Waals surface area (Å²) in [6.07, 6.45) is 0. The molecule has 0 atom stereocenters. The van der Waals surface area contributed by atoms with E-state index in [-0.39, 0.29) is 22.5 Å². The second-order valence-corrected chi connectivity index (χ2v) is 4.24. The molecular formula is C14H7F3N4O2. The average Bonchev–Trinajstić information content (AvgIpc) is 2.46. The van der Waals surface area contributed by atoms with Gasteiger partial charge in [0.15, 0.2) is 0 Å². The van der Waals surface area contributed by atoms with E-state index in [0.717, 1.165) is 12.1 Å². The van der Waals surface area contributed by atoms with Gasteiger partial charge in [-0.2, -0.15) is 19.3 Å². The Morgan fingerprint density at radius 2 is 1.87 bits per heavy atom. The van der Waals surface area contributed by atoms with Gasteiger partial charge in [-0.05, 0) is 12.1 Å². The number of aromatic nitrogens is 1. The highest BCUT2D eigenvalue weighted by atomic mass is 19.3. The Balaban J connectivity index is 2.90. The van der Waals surface area contributed by atoms with Crippen molar-refractivity contribution in [3.63, 3.8) is 0 Å². The van der Waals surface area contributed by atoms with Crippen molar-refractivity contribution >= 4 is 5.82 Å². The minimum absolute atomic E-state index is 0.224. The van der Waals surface area contributed by atoms with Crippen molar-refractivity contribution in [3.8, 4) is 29.0 Å². The van der Waals surface area contributed by atoms with Crippen LogP contribution in [0.4, 0.5) is 19.0 Å². The fourth-order valence-corrected chi connectivity index (χ4v) is 2.01. The van der Waals surface area contributed by atoms with E-state index in [1.807, 2.05) is 0 Å². The van der Waals surface area contributed by atoms with Crippen molar-refractivity contribution in [2.75, 3.05) is 5.73 Å². The molecule has 0 fully saturated rings. The molecule has 6 nitrogen and oxygen atoms in total. The molecule has 1 aromatic carbocycles. The van der Waals surface area contributed by atoms with Crippen molar-refractivity contribution in [1.82, 2.24) is 4.98 Å². The number of hydrogen-bond donors (Lipinski definition) is 2. The summed E-state index contributed by atoms with van der Waals surface area (Å²) in [6, 6.07) is 5.83. The molecule has 0 aliphatic rings. The molecule has 0 saturated heterocycles. The van der Waals surface area contributed by atoms with Gasteiger partial charge in [0.1, 0.15) is 40.6 Å². The van der Waals surface area contributed by atoms with Crippen LogP contribution in [0.1, 0.15) is 11.1 Å². The molecule has 0 amide bonds. The molecular weight excluding hydrogens is 313 g/mol. The van der Waals surface area contributed by atoms with Crippen LogP contribution in [0, 0.1) is 28.5 Å². The smallest absolute Gasteiger partial charge is 0.387 e. The normalized spacial score (nSPS) is 10.2. The van der Waals surface area contributed by atoms with Crippen molar-refractivity contribution in [1.29, 1.82) is 10.5 Å². The Morgan fingerprint density at radius 3 is 2.43 bits per heavy atom. The topological polar surface area (TPSA) is 116 Å². The lowest BCUT2D eigenvalue weighted by Gasteiger charge is -2.14. The summed E-state index contributed by atoms with van der Waals surface area (Å²) < 4.78 is 42.5. The van der Waals surface area contributed by atoms with Gasteiger partial charge in [0.2, 0.25) is 0 Å². The second kappa shape index (κ2) is 6.12. The number of rotatable bonds is 3. The van der Waals surface area contributed by atoms with Crippen LogP contribution in [-0.2, 0) is 0 Å². The number of alkyl halides is 2. The summed E-state index contributed by atoms with van der Waals surface area (Å²) in [5.74, 6) is -1.85. The predicted molar refractivity (Wildman–Crippen MR) is 72.9 cm³/mol. The van der Waals surface area contributed by atoms with Gasteiger partial charge in [0, 0.05) is 17.2 Å². The number of nitriles is 2. The number of ether oxygens (including phenoxy) is 1. The molecule has 2 aromatic rings. The van der Waals surface area contributed by atoms with Gasteiger partial charge in [-0.3, -0.25) is 4.79 Å². The van der Waals surface area contributed by atoms with E-state index < -0.39 is 29.3 Å². The van der Waals surface area contributed by atoms with E-state index in [1.165, 1.54) is 0 Å². The first-order valence-corrected chi connectivity index (χ1v) is 5.99. The first-order chi connectivity index (χ1) is 10.9. The van der Waals surface area contributed by atoms with E-state index >= 15 is 0 Å². The monoisotopic (exact) mass is 320 g/mol. The maximum Gasteiger partial charge on any atom is 0.387 e. The van der Waals surface area contributed by atoms with Crippen molar-refractivity contribution in [2.24, 2.45) is 0 Å². The largest absolute Gasteiger partial charge is 0.434 e. The molecule has 1 heterocycles. The number of nitrogens with one attached hydrogen (secondary N) is 1. The van der Waals surface area contributed by atoms with Crippen LogP contribution in [0.3, 0.4) is 0 Å². The number of nitrogens with zero attached hydrogens (tertiary/aromatic N) is 2. The summed E-state index contributed by atoms with van der Waals surface area (Å²) in [6.45, 7) is -3.27. The summed E-state index contributed by atoms with van der Waals surface area (Å²) >= 11 is 0. The third-order valence-electron chi connectivity index (χ3n) is 2.90. The van der Waals surface area contributed by atoms with Gasteiger partial charge in [0.05, 0.1) is 0 Å². The minimum atomic E-state index is -3.27. The number of H-pyrrole nitrogens is 1. The Hall–Kier alpha value is -3.46. The highest BCUT2D eigenvalue weighted by Gasteiger charge is 2.22. The van der Waals surface area contributed by atoms with Gasteiger partial charge in [0.25, 0.3) is 5.56 Å². The highest BCUT2D eigenvalue weighted by molar-refractivity contribution is 5.83. The SMILES string of the molecule is N#Cc1c(N)[nH]c(=O)c(C#N)c1-c1ccc(F)cc1OC(F)F. The van der Waals surface area contributed by atoms with E-state index in [2.05, 4.69) is 9.72 Å². The maximum absolute atomic E-state index is 13.3. The number of anilines is 1. The van der Waals surface area contributed by atoms with E-state index in [1.54, 1.807) is 12.1 Å². The third kappa shape index (κ3) is 2.94. The number of pyridine rings is 1. The van der Waals surface area contributed by atoms with Crippen LogP contribution in [-0.4, -0.2) is 11.6 Å². The van der Waals surface area contributed by atoms with Crippen LogP contribution in [0.2, 0.25) is 0 Å². The van der Waals surface area contributed by atoms with Crippen molar-refractivity contribution in [3.05, 3.63) is 45.5 Å². The van der Waals surface area contributed by atoms with Gasteiger partial charge >= 0.3 is 6.61 Å². The molecule has 0 spiro atoms. The maximum atomic E-state index is 13.3. The van der Waals surface area contributed by atoms with E-state index in [4.69, 9.17) is 11.0 Å². The van der Waals surface area contributed by atoms with Crippen LogP contribution in [0.15, 0.2) is 23.0 Å². The quantitative estimate of drug-likeness (QED) is 0.898. The first kappa shape index (κ1) is 15.9. The third-order valence-corrected chi connectivity index (χ3v) is 2.90. The molecule has 0 radical (unpaired) electrons. The van der Waals surface area contributed by atoms with Crippen LogP contribution >= 0.6 is 0 Å². The number of hydrogen-bond acceptors (Lipinski definition) is 5. The molecule has 1 aromatic heterocycles. The fraction of sp³-hybridized carbons (Fsp3) is 0.0714. The molecule has 0 bridgehead atoms. The van der Waals surface area contributed by atoms with Crippen LogP contribution < -0.4 is 16.0 Å². The number of aromatic amines is 1. The van der Waals surface area contributed by atoms with E-state index in [0.29, 0.717) is 6.07 Å². The van der Waals surface area contributed by atoms with Crippen LogP contribution in [0.25, 0.3) is 11.1 Å². The molecule has 0 aliphatic carbocycles. The molecule has 0 unspecified atom stereocenters. The average molecular weight is 320 g/mol. The summed E-state index contributed by atoms with van der Waals surface area (Å²) in [5, 5.41) is 18.3. The standard InChI is InChI=1S/C14H7F3N4O2/c15-6-1-2-7(10(3-6)23-14(16)17)11-8(4-18)12(20)21-13(22)9(11)5-19/h1-3,14H,(H3,20,21,22). The van der Waals surface area contributed by atoms with Gasteiger partial charge in [-0.15, -0.1) is 0 Å². The van der Waals surface area contributed by atoms with Crippen molar-refractivity contribution < 1.29 is 17.9 Å². The first-order valence-electron chi connectivity index (χ1n) is 5.99. The van der Waals surface area contributed by atoms with Crippen LogP contribution in [0.5, 0.6) is 5.75 Å². The zero-order chi connectivity index (χ0) is 17.1. The van der Waals surface area contributed by atoms with Crippen molar-refractivity contribution in [2.45, 2.75) is 6.61 Å². The predicted octanol–water partition coefficient (Wildman–Crippen LogP) is 2.11. The summed E-state index contributed by atoms with van der Waals surface area (Å²) in [5.41, 5.74) is 3.25. The fourth-order valence-electron chi connectivity index (χ4n) is 2.01. The molecule has 116 valence electrons. The lowest BCUT2D eigenvalue weighted by Crippen LogP contribution is -2.16. The number of halogens is 3. The highest BCUT2D eigenvalue weighted by Crippen LogP contribution is 2.36. The summed E-state index contributed by atoms with van der Waals surface area (Å²) in [7, 11) is 0.